The van der Waals surface area contributed by atoms with Crippen molar-refractivity contribution in [1.29, 1.82) is 0 Å². The zero-order valence-corrected chi connectivity index (χ0v) is 9.05. The minimum absolute atomic E-state index is 0.0679. The molecule has 2 rings (SSSR count). The number of ether oxygens (including phenoxy) is 1. The van der Waals surface area contributed by atoms with Gasteiger partial charge in [0.05, 0.1) is 18.8 Å². The first-order chi connectivity index (χ1) is 6.68. The van der Waals surface area contributed by atoms with E-state index >= 15 is 0 Å². The van der Waals surface area contributed by atoms with Crippen LogP contribution in [0.3, 0.4) is 0 Å². The summed E-state index contributed by atoms with van der Waals surface area (Å²) in [5.41, 5.74) is 4.11. The molecule has 0 bridgehead atoms. The minimum Gasteiger partial charge on any atom is -0.377 e. The van der Waals surface area contributed by atoms with Crippen molar-refractivity contribution in [2.24, 2.45) is 0 Å². The molecule has 76 valence electrons. The van der Waals surface area contributed by atoms with Gasteiger partial charge in [-0.25, -0.2) is 0 Å². The van der Waals surface area contributed by atoms with E-state index in [2.05, 4.69) is 37.4 Å². The van der Waals surface area contributed by atoms with Crippen LogP contribution in [0.25, 0.3) is 0 Å². The normalized spacial score (nSPS) is 19.1. The van der Waals surface area contributed by atoms with Gasteiger partial charge in [-0.3, -0.25) is 0 Å². The molecule has 1 fully saturated rings. The van der Waals surface area contributed by atoms with Gasteiger partial charge < -0.3 is 10.1 Å². The average molecular weight is 191 g/mol. The van der Waals surface area contributed by atoms with Gasteiger partial charge >= 0.3 is 0 Å². The van der Waals surface area contributed by atoms with E-state index in [9.17, 15) is 0 Å². The first-order valence-corrected chi connectivity index (χ1v) is 5.02. The van der Waals surface area contributed by atoms with Gasteiger partial charge in [-0.15, -0.1) is 0 Å². The lowest BCUT2D eigenvalue weighted by atomic mass is 9.86. The molecule has 1 saturated heterocycles. The van der Waals surface area contributed by atoms with Gasteiger partial charge in [0, 0.05) is 0 Å². The highest BCUT2D eigenvalue weighted by Gasteiger charge is 2.38. The van der Waals surface area contributed by atoms with Crippen molar-refractivity contribution >= 4 is 0 Å². The largest absolute Gasteiger partial charge is 0.377 e. The van der Waals surface area contributed by atoms with Crippen LogP contribution in [0.15, 0.2) is 18.2 Å². The Kier molecular flexibility index (Phi) is 2.33. The summed E-state index contributed by atoms with van der Waals surface area (Å²) < 4.78 is 5.29. The van der Waals surface area contributed by atoms with Crippen LogP contribution in [-0.2, 0) is 10.3 Å². The molecule has 1 aliphatic rings. The van der Waals surface area contributed by atoms with Gasteiger partial charge in [-0.1, -0.05) is 18.2 Å². The van der Waals surface area contributed by atoms with Crippen LogP contribution in [0.2, 0.25) is 0 Å². The maximum Gasteiger partial charge on any atom is 0.0906 e. The Morgan fingerprint density at radius 1 is 1.21 bits per heavy atom. The van der Waals surface area contributed by atoms with E-state index in [4.69, 9.17) is 4.74 Å². The van der Waals surface area contributed by atoms with E-state index in [1.54, 1.807) is 0 Å². The van der Waals surface area contributed by atoms with E-state index in [0.717, 1.165) is 13.2 Å². The lowest BCUT2D eigenvalue weighted by molar-refractivity contribution is -0.0748. The summed E-state index contributed by atoms with van der Waals surface area (Å²) in [6, 6.07) is 6.64. The highest BCUT2D eigenvalue weighted by molar-refractivity contribution is 5.35. The average Bonchev–Trinajstić information content (AvgIpc) is 2.10. The zero-order valence-electron chi connectivity index (χ0n) is 9.05. The Balaban J connectivity index is 2.36. The van der Waals surface area contributed by atoms with E-state index < -0.39 is 0 Å². The molecule has 0 aromatic heterocycles. The fourth-order valence-electron chi connectivity index (χ4n) is 1.80. The summed E-state index contributed by atoms with van der Waals surface area (Å²) in [5, 5.41) is 3.35. The first kappa shape index (κ1) is 9.69. The molecule has 2 nitrogen and oxygen atoms in total. The standard InChI is InChI=1S/C12H17NO/c1-9-4-5-11(6-10(9)2)12(13-3)7-14-8-12/h4-6,13H,7-8H2,1-3H3. The van der Waals surface area contributed by atoms with Gasteiger partial charge in [0.2, 0.25) is 0 Å². The molecule has 0 saturated carbocycles. The molecule has 0 unspecified atom stereocenters. The second-order valence-electron chi connectivity index (χ2n) is 4.12. The van der Waals surface area contributed by atoms with Crippen molar-refractivity contribution in [3.05, 3.63) is 34.9 Å². The third-order valence-corrected chi connectivity index (χ3v) is 3.23. The lowest BCUT2D eigenvalue weighted by Crippen LogP contribution is -2.56. The molecule has 0 aliphatic carbocycles. The number of nitrogens with one attached hydrogen (secondary N) is 1. The Labute approximate surface area is 85.3 Å². The third kappa shape index (κ3) is 1.35. The fourth-order valence-corrected chi connectivity index (χ4v) is 1.80. The van der Waals surface area contributed by atoms with Crippen molar-refractivity contribution in [3.63, 3.8) is 0 Å². The van der Waals surface area contributed by atoms with Gasteiger partial charge in [-0.2, -0.15) is 0 Å². The predicted molar refractivity (Wildman–Crippen MR) is 57.5 cm³/mol. The third-order valence-electron chi connectivity index (χ3n) is 3.23. The van der Waals surface area contributed by atoms with Crippen molar-refractivity contribution in [3.8, 4) is 0 Å². The Morgan fingerprint density at radius 3 is 2.36 bits per heavy atom. The van der Waals surface area contributed by atoms with Crippen LogP contribution in [0, 0.1) is 13.8 Å². The van der Waals surface area contributed by atoms with E-state index in [-0.39, 0.29) is 5.54 Å². The van der Waals surface area contributed by atoms with Gasteiger partial charge in [0.1, 0.15) is 0 Å². The summed E-state index contributed by atoms with van der Waals surface area (Å²) in [7, 11) is 2.00. The van der Waals surface area contributed by atoms with E-state index in [0.29, 0.717) is 0 Å². The number of rotatable bonds is 2. The number of benzene rings is 1. The molecule has 14 heavy (non-hydrogen) atoms. The first-order valence-electron chi connectivity index (χ1n) is 5.02. The molecular formula is C12H17NO. The number of aryl methyl sites for hydroxylation is 2. The van der Waals surface area contributed by atoms with Gasteiger partial charge in [-0.05, 0) is 37.6 Å². The van der Waals surface area contributed by atoms with Crippen molar-refractivity contribution < 1.29 is 4.74 Å². The zero-order chi connectivity index (χ0) is 10.2. The van der Waals surface area contributed by atoms with Crippen molar-refractivity contribution in [2.75, 3.05) is 20.3 Å². The highest BCUT2D eigenvalue weighted by Crippen LogP contribution is 2.30. The second kappa shape index (κ2) is 3.37. The molecule has 1 N–H and O–H groups in total. The van der Waals surface area contributed by atoms with Crippen molar-refractivity contribution in [1.82, 2.24) is 5.32 Å². The molecule has 0 spiro atoms. The molecule has 1 heterocycles. The maximum atomic E-state index is 5.29. The Morgan fingerprint density at radius 2 is 1.93 bits per heavy atom. The summed E-state index contributed by atoms with van der Waals surface area (Å²) >= 11 is 0. The topological polar surface area (TPSA) is 21.3 Å². The second-order valence-corrected chi connectivity index (χ2v) is 4.12. The van der Waals surface area contributed by atoms with Crippen LogP contribution in [0.5, 0.6) is 0 Å². The van der Waals surface area contributed by atoms with E-state index in [1.807, 2.05) is 7.05 Å². The monoisotopic (exact) mass is 191 g/mol. The lowest BCUT2D eigenvalue weighted by Gasteiger charge is -2.42. The van der Waals surface area contributed by atoms with Crippen LogP contribution < -0.4 is 5.32 Å². The maximum absolute atomic E-state index is 5.29. The van der Waals surface area contributed by atoms with Crippen LogP contribution >= 0.6 is 0 Å². The Hall–Kier alpha value is -0.860. The Bertz CT molecular complexity index is 337. The smallest absolute Gasteiger partial charge is 0.0906 e. The summed E-state index contributed by atoms with van der Waals surface area (Å²) in [4.78, 5) is 0. The SMILES string of the molecule is CNC1(c2ccc(C)c(C)c2)COC1. The van der Waals surface area contributed by atoms with Gasteiger partial charge in [0.25, 0.3) is 0 Å². The van der Waals surface area contributed by atoms with Gasteiger partial charge in [0.15, 0.2) is 0 Å². The minimum atomic E-state index is 0.0679. The predicted octanol–water partition coefficient (Wildman–Crippen LogP) is 1.75. The molecule has 2 heteroatoms. The van der Waals surface area contributed by atoms with Crippen molar-refractivity contribution in [2.45, 2.75) is 19.4 Å². The molecule has 1 aromatic carbocycles. The molecule has 1 aromatic rings. The molecule has 0 atom stereocenters. The van der Waals surface area contributed by atoms with Crippen LogP contribution in [0.1, 0.15) is 16.7 Å². The molecule has 1 aliphatic heterocycles. The number of likely N-dealkylation sites (N-methyl/N-ethyl adjacent to an activating group) is 1. The molecular weight excluding hydrogens is 174 g/mol. The van der Waals surface area contributed by atoms with E-state index in [1.165, 1.54) is 16.7 Å². The van der Waals surface area contributed by atoms with Crippen LogP contribution in [0.4, 0.5) is 0 Å². The quantitative estimate of drug-likeness (QED) is 0.769. The fraction of sp³-hybridized carbons (Fsp3) is 0.500. The van der Waals surface area contributed by atoms with Crippen LogP contribution in [-0.4, -0.2) is 20.3 Å². The number of hydrogen-bond acceptors (Lipinski definition) is 2. The summed E-state index contributed by atoms with van der Waals surface area (Å²) in [5.74, 6) is 0. The highest BCUT2D eigenvalue weighted by atomic mass is 16.5. The summed E-state index contributed by atoms with van der Waals surface area (Å²) in [6.45, 7) is 5.86. The molecule has 0 amide bonds. The number of hydrogen-bond donors (Lipinski definition) is 1. The summed E-state index contributed by atoms with van der Waals surface area (Å²) in [6.07, 6.45) is 0. The molecule has 0 radical (unpaired) electrons.